The standard InChI is InChI=1S/C21H24N4O2S/c1-5-27-18-9-7-6-8-16(18)20-23-24-21(25(20)4)28-13-19(26)22-17-11-10-14(2)12-15(17)3/h6-12H,5,13H2,1-4H3,(H,22,26). The third-order valence-electron chi connectivity index (χ3n) is 4.25. The molecule has 0 saturated heterocycles. The minimum atomic E-state index is -0.0729. The summed E-state index contributed by atoms with van der Waals surface area (Å²) in [6, 6.07) is 13.7. The molecule has 0 spiro atoms. The van der Waals surface area contributed by atoms with E-state index in [4.69, 9.17) is 4.74 Å². The fourth-order valence-corrected chi connectivity index (χ4v) is 3.59. The molecular formula is C21H24N4O2S. The minimum Gasteiger partial charge on any atom is -0.493 e. The van der Waals surface area contributed by atoms with E-state index in [2.05, 4.69) is 15.5 Å². The van der Waals surface area contributed by atoms with Crippen molar-refractivity contribution in [1.82, 2.24) is 14.8 Å². The van der Waals surface area contributed by atoms with Crippen LogP contribution in [0.15, 0.2) is 47.6 Å². The Hall–Kier alpha value is -2.80. The second kappa shape index (κ2) is 8.93. The lowest BCUT2D eigenvalue weighted by Gasteiger charge is -2.10. The molecule has 146 valence electrons. The van der Waals surface area contributed by atoms with Gasteiger partial charge in [-0.2, -0.15) is 0 Å². The maximum Gasteiger partial charge on any atom is 0.234 e. The summed E-state index contributed by atoms with van der Waals surface area (Å²) in [5.74, 6) is 1.66. The topological polar surface area (TPSA) is 69.0 Å². The van der Waals surface area contributed by atoms with E-state index in [1.54, 1.807) is 0 Å². The first-order valence-electron chi connectivity index (χ1n) is 9.11. The monoisotopic (exact) mass is 396 g/mol. The minimum absolute atomic E-state index is 0.0729. The fourth-order valence-electron chi connectivity index (χ4n) is 2.88. The zero-order valence-corrected chi connectivity index (χ0v) is 17.3. The molecule has 0 radical (unpaired) electrons. The van der Waals surface area contributed by atoms with Crippen LogP contribution in [0.1, 0.15) is 18.1 Å². The average Bonchev–Trinajstić information content (AvgIpc) is 3.03. The summed E-state index contributed by atoms with van der Waals surface area (Å²) in [5.41, 5.74) is 3.93. The Morgan fingerprint density at radius 2 is 1.96 bits per heavy atom. The molecule has 0 aliphatic carbocycles. The van der Waals surface area contributed by atoms with E-state index in [-0.39, 0.29) is 11.7 Å². The highest BCUT2D eigenvalue weighted by molar-refractivity contribution is 7.99. The van der Waals surface area contributed by atoms with Crippen molar-refractivity contribution in [2.75, 3.05) is 17.7 Å². The normalized spacial score (nSPS) is 10.7. The zero-order chi connectivity index (χ0) is 20.1. The van der Waals surface area contributed by atoms with Crippen molar-refractivity contribution in [3.8, 4) is 17.1 Å². The second-order valence-electron chi connectivity index (χ2n) is 6.45. The van der Waals surface area contributed by atoms with Gasteiger partial charge >= 0.3 is 0 Å². The lowest BCUT2D eigenvalue weighted by atomic mass is 10.1. The third-order valence-corrected chi connectivity index (χ3v) is 5.27. The fraction of sp³-hybridized carbons (Fsp3) is 0.286. The van der Waals surface area contributed by atoms with Gasteiger partial charge in [0.05, 0.1) is 17.9 Å². The molecule has 6 nitrogen and oxygen atoms in total. The van der Waals surface area contributed by atoms with Crippen LogP contribution in [0.2, 0.25) is 0 Å². The maximum absolute atomic E-state index is 12.3. The van der Waals surface area contributed by atoms with E-state index in [1.807, 2.05) is 74.9 Å². The molecule has 3 aromatic rings. The van der Waals surface area contributed by atoms with E-state index >= 15 is 0 Å². The van der Waals surface area contributed by atoms with Gasteiger partial charge in [-0.05, 0) is 44.5 Å². The number of benzene rings is 2. The summed E-state index contributed by atoms with van der Waals surface area (Å²) in [7, 11) is 1.89. The highest BCUT2D eigenvalue weighted by Gasteiger charge is 2.16. The van der Waals surface area contributed by atoms with Crippen molar-refractivity contribution >= 4 is 23.4 Å². The number of para-hydroxylation sites is 1. The van der Waals surface area contributed by atoms with E-state index in [0.29, 0.717) is 17.6 Å². The summed E-state index contributed by atoms with van der Waals surface area (Å²) in [4.78, 5) is 12.3. The Labute approximate surface area is 169 Å². The van der Waals surface area contributed by atoms with Crippen molar-refractivity contribution < 1.29 is 9.53 Å². The van der Waals surface area contributed by atoms with E-state index < -0.39 is 0 Å². The number of nitrogens with one attached hydrogen (secondary N) is 1. The van der Waals surface area contributed by atoms with Crippen LogP contribution in [0.25, 0.3) is 11.4 Å². The summed E-state index contributed by atoms with van der Waals surface area (Å²) in [5, 5.41) is 12.2. The van der Waals surface area contributed by atoms with E-state index in [9.17, 15) is 4.79 Å². The quantitative estimate of drug-likeness (QED) is 0.605. The molecule has 0 unspecified atom stereocenters. The number of ether oxygens (including phenoxy) is 1. The van der Waals surface area contributed by atoms with Gasteiger partial charge in [0, 0.05) is 12.7 Å². The number of aryl methyl sites for hydroxylation is 2. The van der Waals surface area contributed by atoms with Crippen molar-refractivity contribution in [2.24, 2.45) is 7.05 Å². The van der Waals surface area contributed by atoms with E-state index in [0.717, 1.165) is 22.6 Å². The lowest BCUT2D eigenvalue weighted by Crippen LogP contribution is -2.15. The van der Waals surface area contributed by atoms with Crippen LogP contribution in [-0.2, 0) is 11.8 Å². The molecule has 3 rings (SSSR count). The van der Waals surface area contributed by atoms with Crippen molar-refractivity contribution in [3.63, 3.8) is 0 Å². The number of carbonyl (C=O) groups is 1. The predicted molar refractivity (Wildman–Crippen MR) is 113 cm³/mol. The summed E-state index contributed by atoms with van der Waals surface area (Å²) in [6.45, 7) is 6.54. The summed E-state index contributed by atoms with van der Waals surface area (Å²) in [6.07, 6.45) is 0. The number of anilines is 1. The smallest absolute Gasteiger partial charge is 0.234 e. The molecule has 0 atom stereocenters. The Kier molecular flexibility index (Phi) is 6.36. The Morgan fingerprint density at radius 1 is 1.18 bits per heavy atom. The molecule has 0 aliphatic rings. The van der Waals surface area contributed by atoms with Crippen LogP contribution in [-0.4, -0.2) is 33.0 Å². The predicted octanol–water partition coefficient (Wildman–Crippen LogP) is 4.23. The molecule has 0 aliphatic heterocycles. The number of hydrogen-bond donors (Lipinski definition) is 1. The van der Waals surface area contributed by atoms with Crippen LogP contribution < -0.4 is 10.1 Å². The first kappa shape index (κ1) is 19.9. The number of aromatic nitrogens is 3. The number of nitrogens with zero attached hydrogens (tertiary/aromatic N) is 3. The first-order valence-corrected chi connectivity index (χ1v) is 10.1. The Balaban J connectivity index is 1.69. The third kappa shape index (κ3) is 4.54. The molecular weight excluding hydrogens is 372 g/mol. The maximum atomic E-state index is 12.3. The van der Waals surface area contributed by atoms with Gasteiger partial charge in [0.1, 0.15) is 5.75 Å². The molecule has 28 heavy (non-hydrogen) atoms. The molecule has 1 amide bonds. The SMILES string of the molecule is CCOc1ccccc1-c1nnc(SCC(=O)Nc2ccc(C)cc2C)n1C. The molecule has 1 heterocycles. The summed E-state index contributed by atoms with van der Waals surface area (Å²) < 4.78 is 7.57. The van der Waals surface area contributed by atoms with Crippen molar-refractivity contribution in [1.29, 1.82) is 0 Å². The average molecular weight is 397 g/mol. The number of carbonyl (C=O) groups excluding carboxylic acids is 1. The van der Waals surface area contributed by atoms with Gasteiger partial charge < -0.3 is 14.6 Å². The largest absolute Gasteiger partial charge is 0.493 e. The number of rotatable bonds is 7. The Morgan fingerprint density at radius 3 is 2.71 bits per heavy atom. The van der Waals surface area contributed by atoms with Crippen molar-refractivity contribution in [2.45, 2.75) is 25.9 Å². The van der Waals surface area contributed by atoms with Crippen LogP contribution in [0, 0.1) is 13.8 Å². The second-order valence-corrected chi connectivity index (χ2v) is 7.39. The van der Waals surface area contributed by atoms with Crippen LogP contribution in [0.4, 0.5) is 5.69 Å². The first-order chi connectivity index (χ1) is 13.5. The van der Waals surface area contributed by atoms with Gasteiger partial charge in [-0.15, -0.1) is 10.2 Å². The van der Waals surface area contributed by atoms with Gasteiger partial charge in [0.25, 0.3) is 0 Å². The van der Waals surface area contributed by atoms with Crippen LogP contribution in [0.3, 0.4) is 0 Å². The van der Waals surface area contributed by atoms with Gasteiger partial charge in [0.2, 0.25) is 5.91 Å². The highest BCUT2D eigenvalue weighted by atomic mass is 32.2. The van der Waals surface area contributed by atoms with Crippen LogP contribution in [0.5, 0.6) is 5.75 Å². The van der Waals surface area contributed by atoms with E-state index in [1.165, 1.54) is 17.3 Å². The summed E-state index contributed by atoms with van der Waals surface area (Å²) >= 11 is 1.35. The molecule has 7 heteroatoms. The highest BCUT2D eigenvalue weighted by Crippen LogP contribution is 2.30. The van der Waals surface area contributed by atoms with Gasteiger partial charge in [-0.25, -0.2) is 0 Å². The number of hydrogen-bond acceptors (Lipinski definition) is 5. The molecule has 0 bridgehead atoms. The van der Waals surface area contributed by atoms with Gasteiger partial charge in [-0.3, -0.25) is 4.79 Å². The Bertz CT molecular complexity index is 984. The molecule has 0 saturated carbocycles. The van der Waals surface area contributed by atoms with Gasteiger partial charge in [-0.1, -0.05) is 41.6 Å². The molecule has 2 aromatic carbocycles. The lowest BCUT2D eigenvalue weighted by molar-refractivity contribution is -0.113. The molecule has 0 fully saturated rings. The van der Waals surface area contributed by atoms with Crippen LogP contribution >= 0.6 is 11.8 Å². The number of thioether (sulfide) groups is 1. The molecule has 1 N–H and O–H groups in total. The van der Waals surface area contributed by atoms with Gasteiger partial charge in [0.15, 0.2) is 11.0 Å². The van der Waals surface area contributed by atoms with Crippen molar-refractivity contribution in [3.05, 3.63) is 53.6 Å². The number of amides is 1. The molecule has 1 aromatic heterocycles. The zero-order valence-electron chi connectivity index (χ0n) is 16.5.